The van der Waals surface area contributed by atoms with E-state index in [2.05, 4.69) is 20.3 Å². The number of terminal acetylenes is 1. The molecule has 0 saturated heterocycles. The third-order valence-corrected chi connectivity index (χ3v) is 3.15. The van der Waals surface area contributed by atoms with E-state index in [1.807, 2.05) is 5.92 Å². The molecule has 0 aromatic carbocycles. The Bertz CT molecular complexity index is 716. The van der Waals surface area contributed by atoms with Gasteiger partial charge in [0.2, 0.25) is 5.95 Å². The standard InChI is InChI=1S/C13H17FN6O3/c1-3-7(22)8(5-21)23-9(4-14)20-6-17-10-11(16-2)18-13(15)19-12(10)20/h1,6-9,21-22H,4-5H2,2H3,(H3,15,16,18,19)/t7-,8?,9+/m0/s1. The number of aromatic nitrogens is 4. The summed E-state index contributed by atoms with van der Waals surface area (Å²) < 4.78 is 20.1. The summed E-state index contributed by atoms with van der Waals surface area (Å²) in [6.07, 6.45) is 2.66. The molecule has 1 unspecified atom stereocenters. The number of ether oxygens (including phenoxy) is 1. The topological polar surface area (TPSA) is 131 Å². The molecule has 0 aliphatic rings. The molecule has 0 spiro atoms. The molecule has 0 radical (unpaired) electrons. The molecule has 0 bridgehead atoms. The van der Waals surface area contributed by atoms with Crippen molar-refractivity contribution >= 4 is 22.9 Å². The van der Waals surface area contributed by atoms with Crippen LogP contribution in [0.4, 0.5) is 16.2 Å². The first-order chi connectivity index (χ1) is 11.0. The molecule has 10 heteroatoms. The first kappa shape index (κ1) is 16.9. The molecule has 0 fully saturated rings. The van der Waals surface area contributed by atoms with E-state index in [1.165, 1.54) is 10.9 Å². The molecule has 0 aliphatic heterocycles. The van der Waals surface area contributed by atoms with Crippen LogP contribution in [0, 0.1) is 12.3 Å². The summed E-state index contributed by atoms with van der Waals surface area (Å²) in [4.78, 5) is 12.1. The Morgan fingerprint density at radius 1 is 1.57 bits per heavy atom. The molecule has 2 rings (SSSR count). The van der Waals surface area contributed by atoms with Crippen molar-refractivity contribution < 1.29 is 19.3 Å². The Morgan fingerprint density at radius 2 is 2.30 bits per heavy atom. The van der Waals surface area contributed by atoms with Crippen molar-refractivity contribution in [2.24, 2.45) is 0 Å². The monoisotopic (exact) mass is 324 g/mol. The van der Waals surface area contributed by atoms with Gasteiger partial charge in [-0.3, -0.25) is 4.57 Å². The molecule has 2 heterocycles. The summed E-state index contributed by atoms with van der Waals surface area (Å²) in [5.74, 6) is 2.38. The number of hydrogen-bond acceptors (Lipinski definition) is 8. The summed E-state index contributed by atoms with van der Waals surface area (Å²) in [6.45, 7) is -1.54. The molecular formula is C13H17FN6O3. The highest BCUT2D eigenvalue weighted by atomic mass is 19.1. The number of anilines is 2. The van der Waals surface area contributed by atoms with Gasteiger partial charge in [0.15, 0.2) is 23.2 Å². The Hall–Kier alpha value is -2.48. The van der Waals surface area contributed by atoms with E-state index >= 15 is 0 Å². The number of nitrogens with two attached hydrogens (primary N) is 1. The zero-order valence-corrected chi connectivity index (χ0v) is 12.3. The summed E-state index contributed by atoms with van der Waals surface area (Å²) in [6, 6.07) is 0. The smallest absolute Gasteiger partial charge is 0.224 e. The van der Waals surface area contributed by atoms with Gasteiger partial charge >= 0.3 is 0 Å². The average Bonchev–Trinajstić information content (AvgIpc) is 2.98. The number of aliphatic hydroxyl groups excluding tert-OH is 2. The van der Waals surface area contributed by atoms with Gasteiger partial charge in [0.1, 0.15) is 18.9 Å². The van der Waals surface area contributed by atoms with Crippen LogP contribution in [0.15, 0.2) is 6.33 Å². The lowest BCUT2D eigenvalue weighted by Gasteiger charge is -2.24. The molecular weight excluding hydrogens is 307 g/mol. The second-order valence-electron chi connectivity index (χ2n) is 4.58. The summed E-state index contributed by atoms with van der Waals surface area (Å²) in [7, 11) is 1.63. The van der Waals surface area contributed by atoms with Gasteiger partial charge in [0.25, 0.3) is 0 Å². The molecule has 23 heavy (non-hydrogen) atoms. The number of imidazole rings is 1. The minimum Gasteiger partial charge on any atom is -0.394 e. The molecule has 3 atom stereocenters. The van der Waals surface area contributed by atoms with Gasteiger partial charge in [0.05, 0.1) is 12.9 Å². The van der Waals surface area contributed by atoms with E-state index in [0.717, 1.165) is 0 Å². The maximum atomic E-state index is 13.4. The molecule has 124 valence electrons. The van der Waals surface area contributed by atoms with Crippen LogP contribution in [0.5, 0.6) is 0 Å². The lowest BCUT2D eigenvalue weighted by Crippen LogP contribution is -2.34. The molecule has 0 amide bonds. The van der Waals surface area contributed by atoms with Crippen LogP contribution < -0.4 is 11.1 Å². The fourth-order valence-corrected chi connectivity index (χ4v) is 2.02. The Labute approximate surface area is 131 Å². The van der Waals surface area contributed by atoms with Crippen molar-refractivity contribution in [2.45, 2.75) is 18.4 Å². The third kappa shape index (κ3) is 3.31. The number of nitrogen functional groups attached to an aromatic ring is 1. The highest BCUT2D eigenvalue weighted by molar-refractivity contribution is 5.84. The second kappa shape index (κ2) is 7.19. The van der Waals surface area contributed by atoms with Gasteiger partial charge in [0, 0.05) is 7.05 Å². The molecule has 0 saturated carbocycles. The van der Waals surface area contributed by atoms with Crippen LogP contribution in [0.25, 0.3) is 11.2 Å². The van der Waals surface area contributed by atoms with Gasteiger partial charge in [-0.2, -0.15) is 9.97 Å². The van der Waals surface area contributed by atoms with E-state index in [1.54, 1.807) is 7.05 Å². The number of alkyl halides is 1. The number of aliphatic hydroxyl groups is 2. The quantitative estimate of drug-likeness (QED) is 0.491. The summed E-state index contributed by atoms with van der Waals surface area (Å²) >= 11 is 0. The van der Waals surface area contributed by atoms with Gasteiger partial charge in [-0.15, -0.1) is 6.42 Å². The van der Waals surface area contributed by atoms with E-state index in [0.29, 0.717) is 11.3 Å². The molecule has 0 aliphatic carbocycles. The fraction of sp³-hybridized carbons (Fsp3) is 0.462. The van der Waals surface area contributed by atoms with E-state index in [-0.39, 0.29) is 11.6 Å². The SMILES string of the molecule is C#C[C@H](O)C(CO)O[C@H](CF)n1cnc2c(NC)nc(N)nc21. The fourth-order valence-electron chi connectivity index (χ4n) is 2.02. The van der Waals surface area contributed by atoms with Crippen molar-refractivity contribution in [1.82, 2.24) is 19.5 Å². The van der Waals surface area contributed by atoms with Crippen LogP contribution in [0.2, 0.25) is 0 Å². The zero-order chi connectivity index (χ0) is 17.0. The van der Waals surface area contributed by atoms with E-state index < -0.39 is 31.7 Å². The van der Waals surface area contributed by atoms with Crippen molar-refractivity contribution in [2.75, 3.05) is 31.4 Å². The lowest BCUT2D eigenvalue weighted by molar-refractivity contribution is -0.115. The van der Waals surface area contributed by atoms with Crippen molar-refractivity contribution in [3.05, 3.63) is 6.33 Å². The Kier molecular flexibility index (Phi) is 5.28. The number of halogens is 1. The third-order valence-electron chi connectivity index (χ3n) is 3.15. The highest BCUT2D eigenvalue weighted by Gasteiger charge is 2.25. The zero-order valence-electron chi connectivity index (χ0n) is 12.3. The van der Waals surface area contributed by atoms with Crippen molar-refractivity contribution in [1.29, 1.82) is 0 Å². The number of hydrogen-bond donors (Lipinski definition) is 4. The normalized spacial score (nSPS) is 15.1. The summed E-state index contributed by atoms with van der Waals surface area (Å²) in [5, 5.41) is 21.6. The van der Waals surface area contributed by atoms with Crippen LogP contribution in [0.3, 0.4) is 0 Å². The average molecular weight is 324 g/mol. The first-order valence-electron chi connectivity index (χ1n) is 6.70. The molecule has 2 aromatic rings. The minimum atomic E-state index is -1.38. The number of rotatable bonds is 7. The predicted octanol–water partition coefficient (Wildman–Crippen LogP) is -0.710. The predicted molar refractivity (Wildman–Crippen MR) is 81.1 cm³/mol. The van der Waals surface area contributed by atoms with Gasteiger partial charge in [-0.1, -0.05) is 5.92 Å². The van der Waals surface area contributed by atoms with E-state index in [9.17, 15) is 14.6 Å². The first-order valence-corrected chi connectivity index (χ1v) is 6.70. The Morgan fingerprint density at radius 3 is 2.87 bits per heavy atom. The summed E-state index contributed by atoms with van der Waals surface area (Å²) in [5.41, 5.74) is 6.25. The van der Waals surface area contributed by atoms with Crippen LogP contribution >= 0.6 is 0 Å². The minimum absolute atomic E-state index is 0.0245. The van der Waals surface area contributed by atoms with Crippen LogP contribution in [0.1, 0.15) is 6.23 Å². The second-order valence-corrected chi connectivity index (χ2v) is 4.58. The van der Waals surface area contributed by atoms with Crippen LogP contribution in [-0.4, -0.2) is 62.3 Å². The molecule has 9 nitrogen and oxygen atoms in total. The highest BCUT2D eigenvalue weighted by Crippen LogP contribution is 2.24. The molecule has 5 N–H and O–H groups in total. The maximum Gasteiger partial charge on any atom is 0.224 e. The maximum absolute atomic E-state index is 13.4. The molecule has 2 aromatic heterocycles. The van der Waals surface area contributed by atoms with E-state index in [4.69, 9.17) is 16.9 Å². The number of nitrogens with one attached hydrogen (secondary N) is 1. The van der Waals surface area contributed by atoms with Crippen molar-refractivity contribution in [3.63, 3.8) is 0 Å². The van der Waals surface area contributed by atoms with Crippen molar-refractivity contribution in [3.8, 4) is 12.3 Å². The van der Waals surface area contributed by atoms with Gasteiger partial charge in [-0.05, 0) is 0 Å². The largest absolute Gasteiger partial charge is 0.394 e. The number of fused-ring (bicyclic) bond motifs is 1. The van der Waals surface area contributed by atoms with Gasteiger partial charge < -0.3 is 26.0 Å². The Balaban J connectivity index is 2.40. The lowest BCUT2D eigenvalue weighted by atomic mass is 10.2. The number of nitrogens with zero attached hydrogens (tertiary/aromatic N) is 4. The van der Waals surface area contributed by atoms with Gasteiger partial charge in [-0.25, -0.2) is 9.37 Å². The van der Waals surface area contributed by atoms with Crippen LogP contribution in [-0.2, 0) is 4.74 Å².